The first-order valence-corrected chi connectivity index (χ1v) is 8.18. The molecule has 2 aromatic heterocycles. The topological polar surface area (TPSA) is 111 Å². The zero-order valence-electron chi connectivity index (χ0n) is 12.8. The molecule has 0 aliphatic rings. The zero-order chi connectivity index (χ0) is 17.1. The van der Waals surface area contributed by atoms with E-state index in [1.807, 2.05) is 36.4 Å². The first-order valence-electron chi connectivity index (χ1n) is 7.37. The third kappa shape index (κ3) is 3.23. The second-order valence-corrected chi connectivity index (χ2v) is 6.37. The third-order valence-electron chi connectivity index (χ3n) is 3.51. The van der Waals surface area contributed by atoms with Crippen LogP contribution < -0.4 is 16.2 Å². The van der Waals surface area contributed by atoms with Gasteiger partial charge < -0.3 is 21.3 Å². The summed E-state index contributed by atoms with van der Waals surface area (Å²) < 4.78 is 6.34. The van der Waals surface area contributed by atoms with Crippen molar-refractivity contribution in [1.82, 2.24) is 4.98 Å². The van der Waals surface area contributed by atoms with Gasteiger partial charge in [0.1, 0.15) is 6.61 Å². The minimum atomic E-state index is -0.535. The number of primary amides is 1. The third-order valence-corrected chi connectivity index (χ3v) is 4.73. The molecular formula is C17H17N3O3S. The molecule has 0 saturated heterocycles. The molecule has 3 aromatic rings. The molecule has 0 fully saturated rings. The van der Waals surface area contributed by atoms with Crippen molar-refractivity contribution in [2.24, 2.45) is 11.5 Å². The molecule has 3 rings (SSSR count). The van der Waals surface area contributed by atoms with E-state index in [2.05, 4.69) is 4.98 Å². The Kier molecular flexibility index (Phi) is 4.75. The summed E-state index contributed by atoms with van der Waals surface area (Å²) in [6.07, 6.45) is 1.41. The van der Waals surface area contributed by atoms with Crippen LogP contribution >= 0.6 is 11.3 Å². The maximum Gasteiger partial charge on any atom is 0.251 e. The molecule has 0 bridgehead atoms. The number of rotatable bonds is 6. The number of aliphatic hydroxyl groups is 1. The minimum absolute atomic E-state index is 0.130. The maximum absolute atomic E-state index is 11.7. The van der Waals surface area contributed by atoms with Gasteiger partial charge in [0.25, 0.3) is 5.91 Å². The van der Waals surface area contributed by atoms with Crippen LogP contribution in [0.2, 0.25) is 0 Å². The van der Waals surface area contributed by atoms with Gasteiger partial charge in [-0.1, -0.05) is 30.3 Å². The van der Waals surface area contributed by atoms with Crippen molar-refractivity contribution < 1.29 is 14.6 Å². The van der Waals surface area contributed by atoms with E-state index in [9.17, 15) is 4.79 Å². The van der Waals surface area contributed by atoms with E-state index in [4.69, 9.17) is 21.3 Å². The highest BCUT2D eigenvalue weighted by Gasteiger charge is 2.17. The average Bonchev–Trinajstić information content (AvgIpc) is 3.05. The molecule has 2 heterocycles. The normalized spacial score (nSPS) is 12.2. The molecule has 1 amide bonds. The predicted octanol–water partition coefficient (Wildman–Crippen LogP) is 1.76. The number of amides is 1. The number of fused-ring (bicyclic) bond motifs is 1. The van der Waals surface area contributed by atoms with Gasteiger partial charge in [0.05, 0.1) is 28.3 Å². The minimum Gasteiger partial charge on any atom is -0.475 e. The summed E-state index contributed by atoms with van der Waals surface area (Å²) in [5.74, 6) is -0.162. The van der Waals surface area contributed by atoms with Crippen molar-refractivity contribution in [3.05, 3.63) is 48.2 Å². The van der Waals surface area contributed by atoms with E-state index in [0.29, 0.717) is 16.8 Å². The van der Waals surface area contributed by atoms with Crippen LogP contribution in [-0.4, -0.2) is 35.3 Å². The number of aromatic nitrogens is 1. The first kappa shape index (κ1) is 16.4. The van der Waals surface area contributed by atoms with Gasteiger partial charge in [0, 0.05) is 11.1 Å². The lowest BCUT2D eigenvalue weighted by Gasteiger charge is -2.11. The Morgan fingerprint density at radius 1 is 1.33 bits per heavy atom. The number of carbonyl (C=O) groups excluding carboxylic acids is 1. The highest BCUT2D eigenvalue weighted by molar-refractivity contribution is 7.22. The Balaban J connectivity index is 2.08. The summed E-state index contributed by atoms with van der Waals surface area (Å²) in [7, 11) is 0. The number of pyridine rings is 1. The zero-order valence-corrected chi connectivity index (χ0v) is 13.6. The van der Waals surface area contributed by atoms with E-state index >= 15 is 0 Å². The monoisotopic (exact) mass is 343 g/mol. The highest BCUT2D eigenvalue weighted by atomic mass is 32.1. The number of nitrogens with zero attached hydrogens (tertiary/aromatic N) is 1. The van der Waals surface area contributed by atoms with Crippen molar-refractivity contribution in [1.29, 1.82) is 0 Å². The molecule has 1 unspecified atom stereocenters. The molecule has 1 atom stereocenters. The summed E-state index contributed by atoms with van der Waals surface area (Å²) >= 11 is 1.46. The Labute approximate surface area is 142 Å². The van der Waals surface area contributed by atoms with E-state index < -0.39 is 11.9 Å². The second-order valence-electron chi connectivity index (χ2n) is 5.31. The van der Waals surface area contributed by atoms with Gasteiger partial charge in [0.2, 0.25) is 5.88 Å². The summed E-state index contributed by atoms with van der Waals surface area (Å²) in [6.45, 7) is -0.0492. The van der Waals surface area contributed by atoms with Crippen molar-refractivity contribution in [2.45, 2.75) is 6.04 Å². The Bertz CT molecular complexity index is 864. The number of aliphatic hydroxyl groups excluding tert-OH is 1. The van der Waals surface area contributed by atoms with Crippen molar-refractivity contribution in [3.8, 4) is 16.3 Å². The lowest BCUT2D eigenvalue weighted by Crippen LogP contribution is -2.31. The van der Waals surface area contributed by atoms with Gasteiger partial charge >= 0.3 is 0 Å². The van der Waals surface area contributed by atoms with Crippen LogP contribution in [0.4, 0.5) is 0 Å². The molecule has 124 valence electrons. The summed E-state index contributed by atoms with van der Waals surface area (Å²) in [6, 6.07) is 11.3. The number of ether oxygens (including phenoxy) is 1. The molecule has 0 saturated carbocycles. The van der Waals surface area contributed by atoms with Crippen LogP contribution in [0, 0.1) is 0 Å². The number of benzene rings is 1. The van der Waals surface area contributed by atoms with Gasteiger partial charge in [-0.2, -0.15) is 0 Å². The van der Waals surface area contributed by atoms with Crippen LogP contribution in [0.5, 0.6) is 5.88 Å². The summed E-state index contributed by atoms with van der Waals surface area (Å²) in [5, 5.41) is 9.72. The number of carbonyl (C=O) groups is 1. The predicted molar refractivity (Wildman–Crippen MR) is 94.1 cm³/mol. The Morgan fingerprint density at radius 3 is 2.75 bits per heavy atom. The molecular weight excluding hydrogens is 326 g/mol. The quantitative estimate of drug-likeness (QED) is 0.631. The van der Waals surface area contributed by atoms with Crippen LogP contribution in [0.3, 0.4) is 0 Å². The molecule has 7 heteroatoms. The fourth-order valence-corrected chi connectivity index (χ4v) is 3.45. The molecule has 5 N–H and O–H groups in total. The van der Waals surface area contributed by atoms with E-state index in [-0.39, 0.29) is 13.2 Å². The summed E-state index contributed by atoms with van der Waals surface area (Å²) in [4.78, 5) is 16.9. The van der Waals surface area contributed by atoms with Gasteiger partial charge in [0.15, 0.2) is 0 Å². The average molecular weight is 343 g/mol. The van der Waals surface area contributed by atoms with E-state index in [1.54, 1.807) is 0 Å². The first-order chi connectivity index (χ1) is 11.6. The van der Waals surface area contributed by atoms with E-state index in [0.717, 1.165) is 15.1 Å². The molecule has 0 aliphatic carbocycles. The number of thiophene rings is 1. The lowest BCUT2D eigenvalue weighted by atomic mass is 10.1. The van der Waals surface area contributed by atoms with Gasteiger partial charge in [-0.15, -0.1) is 11.3 Å². The van der Waals surface area contributed by atoms with Crippen LogP contribution in [0.25, 0.3) is 20.5 Å². The highest BCUT2D eigenvalue weighted by Crippen LogP contribution is 2.38. The Morgan fingerprint density at radius 2 is 2.08 bits per heavy atom. The van der Waals surface area contributed by atoms with Crippen molar-refractivity contribution in [2.75, 3.05) is 13.2 Å². The van der Waals surface area contributed by atoms with Crippen LogP contribution in [-0.2, 0) is 0 Å². The standard InChI is InChI=1S/C17H17N3O3S/c18-11(8-21)9-23-17-12-6-14(10-4-2-1-3-5-10)24-15(12)13(7-20-17)16(19)22/h1-7,11,21H,8-9,18H2,(H2,19,22). The molecule has 0 radical (unpaired) electrons. The molecule has 1 aromatic carbocycles. The SMILES string of the molecule is NC(=O)c1cnc(OCC(N)CO)c2cc(-c3ccccc3)sc12. The lowest BCUT2D eigenvalue weighted by molar-refractivity contribution is 0.100. The van der Waals surface area contributed by atoms with Crippen molar-refractivity contribution in [3.63, 3.8) is 0 Å². The van der Waals surface area contributed by atoms with Gasteiger partial charge in [-0.05, 0) is 11.6 Å². The molecule has 0 aliphatic heterocycles. The van der Waals surface area contributed by atoms with E-state index in [1.165, 1.54) is 17.5 Å². The number of hydrogen-bond acceptors (Lipinski definition) is 6. The van der Waals surface area contributed by atoms with Gasteiger partial charge in [-0.25, -0.2) is 4.98 Å². The molecule has 24 heavy (non-hydrogen) atoms. The van der Waals surface area contributed by atoms with Crippen molar-refractivity contribution >= 4 is 27.3 Å². The smallest absolute Gasteiger partial charge is 0.251 e. The maximum atomic E-state index is 11.7. The fraction of sp³-hybridized carbons (Fsp3) is 0.176. The van der Waals surface area contributed by atoms with Crippen LogP contribution in [0.15, 0.2) is 42.6 Å². The molecule has 0 spiro atoms. The second kappa shape index (κ2) is 6.96. The largest absolute Gasteiger partial charge is 0.475 e. The number of nitrogens with two attached hydrogens (primary N) is 2. The fourth-order valence-electron chi connectivity index (χ4n) is 2.28. The molecule has 6 nitrogen and oxygen atoms in total. The van der Waals surface area contributed by atoms with Crippen LogP contribution in [0.1, 0.15) is 10.4 Å². The Hall–Kier alpha value is -2.48. The number of hydrogen-bond donors (Lipinski definition) is 3. The van der Waals surface area contributed by atoms with Gasteiger partial charge in [-0.3, -0.25) is 4.79 Å². The summed E-state index contributed by atoms with van der Waals surface area (Å²) in [5.41, 5.74) is 12.5.